The summed E-state index contributed by atoms with van der Waals surface area (Å²) in [4.78, 5) is 11.8. The molecule has 0 aromatic carbocycles. The summed E-state index contributed by atoms with van der Waals surface area (Å²) in [6, 6.07) is 0. The summed E-state index contributed by atoms with van der Waals surface area (Å²) >= 11 is 0. The van der Waals surface area contributed by atoms with E-state index in [0.29, 0.717) is 25.6 Å². The van der Waals surface area contributed by atoms with Gasteiger partial charge in [0, 0.05) is 6.42 Å². The van der Waals surface area contributed by atoms with Crippen molar-refractivity contribution in [3.05, 3.63) is 0 Å². The van der Waals surface area contributed by atoms with Crippen LogP contribution in [0.5, 0.6) is 0 Å². The van der Waals surface area contributed by atoms with Crippen molar-refractivity contribution in [2.24, 2.45) is 11.7 Å². The topological polar surface area (TPSA) is 61.6 Å². The lowest BCUT2D eigenvalue weighted by atomic mass is 9.92. The first kappa shape index (κ1) is 12.5. The molecule has 2 atom stereocenters. The van der Waals surface area contributed by atoms with Crippen LogP contribution in [0.25, 0.3) is 0 Å². The quantitative estimate of drug-likeness (QED) is 0.713. The van der Waals surface area contributed by atoms with Crippen LogP contribution in [0.15, 0.2) is 0 Å². The Morgan fingerprint density at radius 3 is 2.80 bits per heavy atom. The Balaban J connectivity index is 2.43. The van der Waals surface area contributed by atoms with Gasteiger partial charge in [0.15, 0.2) is 0 Å². The normalized spacial score (nSPS) is 25.3. The smallest absolute Gasteiger partial charge is 0.326 e. The van der Waals surface area contributed by atoms with Crippen molar-refractivity contribution in [2.75, 3.05) is 13.2 Å². The minimum Gasteiger partial charge on any atom is -0.458 e. The molecule has 1 aliphatic heterocycles. The Morgan fingerprint density at radius 1 is 1.67 bits per heavy atom. The molecule has 2 N–H and O–H groups in total. The number of ether oxygens (including phenoxy) is 2. The second-order valence-electron chi connectivity index (χ2n) is 4.91. The van der Waals surface area contributed by atoms with Gasteiger partial charge in [-0.3, -0.25) is 4.79 Å². The average molecular weight is 215 g/mol. The van der Waals surface area contributed by atoms with Gasteiger partial charge in [0.1, 0.15) is 11.6 Å². The zero-order chi connectivity index (χ0) is 11.5. The van der Waals surface area contributed by atoms with E-state index in [-0.39, 0.29) is 12.1 Å². The maximum absolute atomic E-state index is 11.8. The molecular formula is C11H21NO3. The van der Waals surface area contributed by atoms with Gasteiger partial charge >= 0.3 is 5.97 Å². The van der Waals surface area contributed by atoms with E-state index in [1.807, 2.05) is 13.8 Å². The Morgan fingerprint density at radius 2 is 2.33 bits per heavy atom. The molecular weight excluding hydrogens is 194 g/mol. The zero-order valence-electron chi connectivity index (χ0n) is 9.79. The van der Waals surface area contributed by atoms with Crippen molar-refractivity contribution in [1.82, 2.24) is 0 Å². The van der Waals surface area contributed by atoms with E-state index in [4.69, 9.17) is 15.2 Å². The van der Waals surface area contributed by atoms with Crippen molar-refractivity contribution in [3.63, 3.8) is 0 Å². The summed E-state index contributed by atoms with van der Waals surface area (Å²) in [6.45, 7) is 6.98. The first-order valence-corrected chi connectivity index (χ1v) is 5.49. The predicted molar refractivity (Wildman–Crippen MR) is 57.4 cm³/mol. The third-order valence-corrected chi connectivity index (χ3v) is 2.46. The summed E-state index contributed by atoms with van der Waals surface area (Å²) in [5, 5.41) is 0. The fraction of sp³-hybridized carbons (Fsp3) is 0.909. The molecule has 0 aromatic rings. The molecule has 0 radical (unpaired) electrons. The largest absolute Gasteiger partial charge is 0.458 e. The van der Waals surface area contributed by atoms with Gasteiger partial charge in [-0.25, -0.2) is 0 Å². The Hall–Kier alpha value is -0.610. The van der Waals surface area contributed by atoms with Crippen LogP contribution in [-0.4, -0.2) is 30.8 Å². The van der Waals surface area contributed by atoms with Crippen molar-refractivity contribution in [2.45, 2.75) is 45.3 Å². The zero-order valence-corrected chi connectivity index (χ0v) is 9.79. The van der Waals surface area contributed by atoms with Crippen molar-refractivity contribution in [3.8, 4) is 0 Å². The highest BCUT2D eigenvalue weighted by Crippen LogP contribution is 2.18. The van der Waals surface area contributed by atoms with E-state index in [2.05, 4.69) is 0 Å². The van der Waals surface area contributed by atoms with Crippen LogP contribution >= 0.6 is 0 Å². The van der Waals surface area contributed by atoms with Crippen molar-refractivity contribution >= 4 is 5.97 Å². The number of carbonyl (C=O) groups excluding carboxylic acids is 1. The molecule has 0 amide bonds. The minimum absolute atomic E-state index is 0.104. The Kier molecular flexibility index (Phi) is 4.11. The molecule has 1 fully saturated rings. The number of hydrogen-bond donors (Lipinski definition) is 1. The summed E-state index contributed by atoms with van der Waals surface area (Å²) in [7, 11) is 0. The lowest BCUT2D eigenvalue weighted by Crippen LogP contribution is -2.48. The molecule has 1 aliphatic rings. The van der Waals surface area contributed by atoms with E-state index in [0.717, 1.165) is 6.42 Å². The summed E-state index contributed by atoms with van der Waals surface area (Å²) in [5.74, 6) is 0.0686. The van der Waals surface area contributed by atoms with Gasteiger partial charge in [-0.05, 0) is 19.3 Å². The molecule has 0 saturated carbocycles. The predicted octanol–water partition coefficient (Wildman–Crippen LogP) is 1.08. The SMILES string of the molecule is CC(C)C[C@@](C)(N)C(=O)O[C@@H]1CCOC1. The van der Waals surface area contributed by atoms with Gasteiger partial charge in [-0.2, -0.15) is 0 Å². The molecule has 4 nitrogen and oxygen atoms in total. The van der Waals surface area contributed by atoms with E-state index in [9.17, 15) is 4.79 Å². The van der Waals surface area contributed by atoms with Gasteiger partial charge in [0.25, 0.3) is 0 Å². The number of nitrogens with two attached hydrogens (primary N) is 1. The molecule has 4 heteroatoms. The van der Waals surface area contributed by atoms with E-state index < -0.39 is 5.54 Å². The molecule has 0 aromatic heterocycles. The molecule has 1 saturated heterocycles. The highest BCUT2D eigenvalue weighted by atomic mass is 16.6. The number of rotatable bonds is 4. The van der Waals surface area contributed by atoms with E-state index in [1.54, 1.807) is 6.92 Å². The van der Waals surface area contributed by atoms with Crippen LogP contribution in [0, 0.1) is 5.92 Å². The molecule has 1 heterocycles. The second-order valence-corrected chi connectivity index (χ2v) is 4.91. The van der Waals surface area contributed by atoms with Gasteiger partial charge in [0.2, 0.25) is 0 Å². The molecule has 1 rings (SSSR count). The molecule has 15 heavy (non-hydrogen) atoms. The summed E-state index contributed by atoms with van der Waals surface area (Å²) < 4.78 is 10.4. The second kappa shape index (κ2) is 4.94. The fourth-order valence-corrected chi connectivity index (χ4v) is 1.82. The lowest BCUT2D eigenvalue weighted by Gasteiger charge is -2.25. The summed E-state index contributed by atoms with van der Waals surface area (Å²) in [6.07, 6.45) is 1.32. The first-order valence-electron chi connectivity index (χ1n) is 5.49. The number of esters is 1. The van der Waals surface area contributed by atoms with Crippen LogP contribution in [0.1, 0.15) is 33.6 Å². The molecule has 0 aliphatic carbocycles. The molecule has 0 unspecified atom stereocenters. The van der Waals surface area contributed by atoms with Gasteiger partial charge < -0.3 is 15.2 Å². The highest BCUT2D eigenvalue weighted by molar-refractivity contribution is 5.80. The molecule has 88 valence electrons. The Labute approximate surface area is 91.1 Å². The van der Waals surface area contributed by atoms with Gasteiger partial charge in [-0.15, -0.1) is 0 Å². The van der Waals surface area contributed by atoms with Gasteiger partial charge in [-0.1, -0.05) is 13.8 Å². The van der Waals surface area contributed by atoms with Crippen LogP contribution in [0.3, 0.4) is 0 Å². The maximum Gasteiger partial charge on any atom is 0.326 e. The molecule has 0 spiro atoms. The first-order chi connectivity index (χ1) is 6.92. The van der Waals surface area contributed by atoms with Crippen LogP contribution in [0.2, 0.25) is 0 Å². The fourth-order valence-electron chi connectivity index (χ4n) is 1.82. The monoisotopic (exact) mass is 215 g/mol. The average Bonchev–Trinajstić information content (AvgIpc) is 2.54. The third kappa shape index (κ3) is 3.80. The number of hydrogen-bond acceptors (Lipinski definition) is 4. The van der Waals surface area contributed by atoms with Crippen LogP contribution < -0.4 is 5.73 Å². The summed E-state index contributed by atoms with van der Waals surface area (Å²) in [5.41, 5.74) is 5.05. The van der Waals surface area contributed by atoms with Crippen LogP contribution in [0.4, 0.5) is 0 Å². The number of carbonyl (C=O) groups is 1. The Bertz CT molecular complexity index is 220. The van der Waals surface area contributed by atoms with Crippen molar-refractivity contribution < 1.29 is 14.3 Å². The lowest BCUT2D eigenvalue weighted by molar-refractivity contribution is -0.155. The van der Waals surface area contributed by atoms with E-state index >= 15 is 0 Å². The minimum atomic E-state index is -0.878. The maximum atomic E-state index is 11.8. The highest BCUT2D eigenvalue weighted by Gasteiger charge is 2.33. The standard InChI is InChI=1S/C11H21NO3/c1-8(2)6-11(3,12)10(13)15-9-4-5-14-7-9/h8-9H,4-7,12H2,1-3H3/t9-,11-/m1/s1. The van der Waals surface area contributed by atoms with E-state index in [1.165, 1.54) is 0 Å². The molecule has 0 bridgehead atoms. The van der Waals surface area contributed by atoms with Crippen molar-refractivity contribution in [1.29, 1.82) is 0 Å². The van der Waals surface area contributed by atoms with Gasteiger partial charge in [0.05, 0.1) is 13.2 Å². The van der Waals surface area contributed by atoms with Crippen LogP contribution in [-0.2, 0) is 14.3 Å². The third-order valence-electron chi connectivity index (χ3n) is 2.46.